The maximum Gasteiger partial charge on any atom is 0.306 e. The van der Waals surface area contributed by atoms with E-state index in [2.05, 4.69) is 81.5 Å². The Bertz CT molecular complexity index is 1340. The predicted molar refractivity (Wildman–Crippen MR) is 274 cm³/mol. The first-order chi connectivity index (χ1) is 31.5. The Morgan fingerprint density at radius 1 is 0.328 bits per heavy atom. The molecule has 0 radical (unpaired) electrons. The molecule has 1 atom stereocenters. The summed E-state index contributed by atoms with van der Waals surface area (Å²) in [6.45, 7) is 6.36. The van der Waals surface area contributed by atoms with Crippen LogP contribution in [0.4, 0.5) is 0 Å². The summed E-state index contributed by atoms with van der Waals surface area (Å²) in [6, 6.07) is 0. The van der Waals surface area contributed by atoms with E-state index in [-0.39, 0.29) is 31.1 Å². The summed E-state index contributed by atoms with van der Waals surface area (Å²) in [7, 11) is 0. The molecule has 0 N–H and O–H groups in total. The minimum absolute atomic E-state index is 0.0967. The van der Waals surface area contributed by atoms with Gasteiger partial charge in [-0.25, -0.2) is 0 Å². The van der Waals surface area contributed by atoms with E-state index in [1.165, 1.54) is 70.6 Å². The maximum atomic E-state index is 12.8. The summed E-state index contributed by atoms with van der Waals surface area (Å²) in [5, 5.41) is 0. The normalized spacial score (nSPS) is 13.0. The number of carbonyl (C=O) groups excluding carboxylic acids is 3. The molecule has 64 heavy (non-hydrogen) atoms. The zero-order chi connectivity index (χ0) is 46.5. The number of rotatable bonds is 45. The van der Waals surface area contributed by atoms with Crippen molar-refractivity contribution in [1.82, 2.24) is 0 Å². The molecule has 0 saturated heterocycles. The van der Waals surface area contributed by atoms with Crippen molar-refractivity contribution in [3.63, 3.8) is 0 Å². The van der Waals surface area contributed by atoms with Crippen molar-refractivity contribution in [3.05, 3.63) is 109 Å². The lowest BCUT2D eigenvalue weighted by molar-refractivity contribution is -0.167. The van der Waals surface area contributed by atoms with Gasteiger partial charge in [0.05, 0.1) is 0 Å². The van der Waals surface area contributed by atoms with Crippen LogP contribution in [0.25, 0.3) is 0 Å². The minimum Gasteiger partial charge on any atom is -0.462 e. The molecule has 0 aliphatic heterocycles. The number of ether oxygens (including phenoxy) is 3. The third kappa shape index (κ3) is 49.1. The second kappa shape index (κ2) is 51.7. The molecule has 0 spiro atoms. The Kier molecular flexibility index (Phi) is 48.5. The largest absolute Gasteiger partial charge is 0.462 e. The summed E-state index contributed by atoms with van der Waals surface area (Å²) in [5.74, 6) is -0.949. The number of unbranched alkanes of at least 4 members (excludes halogenated alkanes) is 23. The molecule has 0 aliphatic rings. The van der Waals surface area contributed by atoms with E-state index in [0.717, 1.165) is 109 Å². The highest BCUT2D eigenvalue weighted by Crippen LogP contribution is 2.15. The Hall–Kier alpha value is -3.93. The lowest BCUT2D eigenvalue weighted by Gasteiger charge is -2.18. The molecular formula is C58H94O6. The van der Waals surface area contributed by atoms with Crippen LogP contribution >= 0.6 is 0 Å². The van der Waals surface area contributed by atoms with Gasteiger partial charge in [-0.3, -0.25) is 14.4 Å². The Balaban J connectivity index is 4.49. The number of esters is 3. The average molecular weight is 887 g/mol. The van der Waals surface area contributed by atoms with Gasteiger partial charge in [-0.2, -0.15) is 0 Å². The first kappa shape index (κ1) is 60.1. The molecule has 0 aromatic heterocycles. The van der Waals surface area contributed by atoms with Gasteiger partial charge in [0, 0.05) is 19.3 Å². The molecule has 0 saturated carbocycles. The molecule has 1 unspecified atom stereocenters. The molecule has 6 heteroatoms. The fourth-order valence-electron chi connectivity index (χ4n) is 6.84. The molecule has 0 aliphatic carbocycles. The Morgan fingerprint density at radius 2 is 0.641 bits per heavy atom. The quantitative estimate of drug-likeness (QED) is 0.0262. The van der Waals surface area contributed by atoms with Crippen molar-refractivity contribution in [2.75, 3.05) is 13.2 Å². The molecule has 0 rings (SSSR count). The van der Waals surface area contributed by atoms with Crippen LogP contribution in [0.1, 0.15) is 220 Å². The van der Waals surface area contributed by atoms with Gasteiger partial charge < -0.3 is 14.2 Å². The Labute approximate surface area is 393 Å². The average Bonchev–Trinajstić information content (AvgIpc) is 3.29. The monoisotopic (exact) mass is 887 g/mol. The standard InChI is InChI=1S/C58H94O6/c1-4-7-10-13-16-19-22-25-27-28-29-31-33-36-39-42-45-48-51-57(60)63-54-55(53-62-56(59)50-47-44-41-38-35-32-24-21-18-15-12-9-6-3)64-58(61)52-49-46-43-40-37-34-30-26-23-20-17-14-11-8-5-2/h8,10-11,13-14,16-17,19-20,22-23,25-31,55H,4-7,9,12,15,18,21,24,32-54H2,1-3H3/b11-8-,13-10-,17-14-,19-16-,23-20-,25-22-,28-27-,30-26-,31-29-. The lowest BCUT2D eigenvalue weighted by atomic mass is 10.0. The van der Waals surface area contributed by atoms with Crippen LogP contribution in [-0.2, 0) is 28.6 Å². The summed E-state index contributed by atoms with van der Waals surface area (Å²) >= 11 is 0. The van der Waals surface area contributed by atoms with Crippen LogP contribution in [0.5, 0.6) is 0 Å². The highest BCUT2D eigenvalue weighted by Gasteiger charge is 2.19. The van der Waals surface area contributed by atoms with Gasteiger partial charge in [-0.05, 0) is 57.8 Å². The second-order valence-corrected chi connectivity index (χ2v) is 16.9. The van der Waals surface area contributed by atoms with Gasteiger partial charge in [0.15, 0.2) is 6.10 Å². The zero-order valence-electron chi connectivity index (χ0n) is 41.3. The van der Waals surface area contributed by atoms with Crippen molar-refractivity contribution in [3.8, 4) is 0 Å². The topological polar surface area (TPSA) is 78.9 Å². The van der Waals surface area contributed by atoms with Crippen molar-refractivity contribution in [2.45, 2.75) is 226 Å². The van der Waals surface area contributed by atoms with Gasteiger partial charge in [-0.1, -0.05) is 252 Å². The third-order valence-electron chi connectivity index (χ3n) is 10.7. The summed E-state index contributed by atoms with van der Waals surface area (Å²) < 4.78 is 16.8. The molecule has 0 aromatic carbocycles. The molecule has 6 nitrogen and oxygen atoms in total. The maximum absolute atomic E-state index is 12.8. The van der Waals surface area contributed by atoms with E-state index in [1.54, 1.807) is 0 Å². The van der Waals surface area contributed by atoms with Crippen LogP contribution in [-0.4, -0.2) is 37.2 Å². The molecule has 362 valence electrons. The summed E-state index contributed by atoms with van der Waals surface area (Å²) in [6.07, 6.45) is 69.1. The lowest BCUT2D eigenvalue weighted by Crippen LogP contribution is -2.30. The van der Waals surface area contributed by atoms with Crippen molar-refractivity contribution in [2.24, 2.45) is 0 Å². The zero-order valence-corrected chi connectivity index (χ0v) is 41.3. The van der Waals surface area contributed by atoms with Gasteiger partial charge in [-0.15, -0.1) is 0 Å². The number of allylic oxidation sites excluding steroid dienone is 18. The smallest absolute Gasteiger partial charge is 0.306 e. The van der Waals surface area contributed by atoms with E-state index in [0.29, 0.717) is 19.3 Å². The van der Waals surface area contributed by atoms with E-state index in [4.69, 9.17) is 14.2 Å². The van der Waals surface area contributed by atoms with Gasteiger partial charge in [0.1, 0.15) is 13.2 Å². The fourth-order valence-corrected chi connectivity index (χ4v) is 6.84. The number of carbonyl (C=O) groups is 3. The van der Waals surface area contributed by atoms with Crippen molar-refractivity contribution >= 4 is 17.9 Å². The minimum atomic E-state index is -0.801. The highest BCUT2D eigenvalue weighted by molar-refractivity contribution is 5.71. The molecule has 0 heterocycles. The summed E-state index contributed by atoms with van der Waals surface area (Å²) in [5.41, 5.74) is 0. The van der Waals surface area contributed by atoms with Crippen LogP contribution < -0.4 is 0 Å². The highest BCUT2D eigenvalue weighted by atomic mass is 16.6. The van der Waals surface area contributed by atoms with E-state index in [9.17, 15) is 14.4 Å². The molecular weight excluding hydrogens is 793 g/mol. The summed E-state index contributed by atoms with van der Waals surface area (Å²) in [4.78, 5) is 38.0. The first-order valence-electron chi connectivity index (χ1n) is 26.0. The van der Waals surface area contributed by atoms with Gasteiger partial charge in [0.25, 0.3) is 0 Å². The van der Waals surface area contributed by atoms with Gasteiger partial charge >= 0.3 is 17.9 Å². The van der Waals surface area contributed by atoms with Gasteiger partial charge in [0.2, 0.25) is 0 Å². The molecule has 0 fully saturated rings. The second-order valence-electron chi connectivity index (χ2n) is 16.9. The van der Waals surface area contributed by atoms with Crippen molar-refractivity contribution in [1.29, 1.82) is 0 Å². The first-order valence-corrected chi connectivity index (χ1v) is 26.0. The fraction of sp³-hybridized carbons (Fsp3) is 0.638. The van der Waals surface area contributed by atoms with E-state index in [1.807, 2.05) is 48.6 Å². The van der Waals surface area contributed by atoms with Crippen LogP contribution in [0.3, 0.4) is 0 Å². The third-order valence-corrected chi connectivity index (χ3v) is 10.7. The predicted octanol–water partition coefficient (Wildman–Crippen LogP) is 17.1. The number of hydrogen-bond donors (Lipinski definition) is 0. The van der Waals surface area contributed by atoms with Crippen LogP contribution in [0.15, 0.2) is 109 Å². The molecule has 0 aromatic rings. The molecule has 0 amide bonds. The molecule has 0 bridgehead atoms. The van der Waals surface area contributed by atoms with E-state index < -0.39 is 6.10 Å². The van der Waals surface area contributed by atoms with Crippen LogP contribution in [0, 0.1) is 0 Å². The van der Waals surface area contributed by atoms with Crippen LogP contribution in [0.2, 0.25) is 0 Å². The van der Waals surface area contributed by atoms with E-state index >= 15 is 0 Å². The SMILES string of the molecule is CC\C=C/C=C\C=C/C=C\CCCCCCCC(=O)OC(COC(=O)CCCCCCC\C=C/C=C\C=C/C=C\C=C/CCC)COC(=O)CCCCCCCCCCCCCCC. The number of hydrogen-bond acceptors (Lipinski definition) is 6. The van der Waals surface area contributed by atoms with Crippen molar-refractivity contribution < 1.29 is 28.6 Å². The Morgan fingerprint density at radius 3 is 1.02 bits per heavy atom.